The van der Waals surface area contributed by atoms with Crippen LogP contribution in [-0.4, -0.2) is 7.11 Å². The predicted octanol–water partition coefficient (Wildman–Crippen LogP) is 3.35. The van der Waals surface area contributed by atoms with Gasteiger partial charge in [-0.3, -0.25) is 5.84 Å². The number of methoxy groups -OCH3 is 1. The van der Waals surface area contributed by atoms with E-state index < -0.39 is 5.82 Å². The van der Waals surface area contributed by atoms with Gasteiger partial charge in [0.1, 0.15) is 0 Å². The SMILES string of the molecule is COc1cc(C(NN)c2ccc(C)c(Cl)c2)ccc1F. The summed E-state index contributed by atoms with van der Waals surface area (Å²) in [5, 5.41) is 0.664. The van der Waals surface area contributed by atoms with E-state index in [9.17, 15) is 4.39 Å². The summed E-state index contributed by atoms with van der Waals surface area (Å²) in [5.41, 5.74) is 5.40. The number of hydrogen-bond acceptors (Lipinski definition) is 3. The molecule has 0 amide bonds. The van der Waals surface area contributed by atoms with Crippen molar-refractivity contribution >= 4 is 11.6 Å². The zero-order chi connectivity index (χ0) is 14.7. The summed E-state index contributed by atoms with van der Waals surface area (Å²) in [5.74, 6) is 5.40. The molecule has 1 atom stereocenters. The number of benzene rings is 2. The van der Waals surface area contributed by atoms with Crippen molar-refractivity contribution in [3.63, 3.8) is 0 Å². The fourth-order valence-electron chi connectivity index (χ4n) is 2.03. The third-order valence-corrected chi connectivity index (χ3v) is 3.61. The number of aryl methyl sites for hydroxylation is 1. The first-order valence-corrected chi connectivity index (χ1v) is 6.50. The molecule has 0 saturated carbocycles. The highest BCUT2D eigenvalue weighted by Crippen LogP contribution is 2.28. The van der Waals surface area contributed by atoms with Crippen molar-refractivity contribution in [2.45, 2.75) is 13.0 Å². The summed E-state index contributed by atoms with van der Waals surface area (Å²) >= 11 is 6.13. The molecule has 2 aromatic rings. The molecule has 0 aliphatic rings. The molecule has 0 saturated heterocycles. The molecule has 0 fully saturated rings. The summed E-state index contributed by atoms with van der Waals surface area (Å²) in [4.78, 5) is 0. The lowest BCUT2D eigenvalue weighted by Gasteiger charge is -2.18. The van der Waals surface area contributed by atoms with Crippen molar-refractivity contribution in [3.05, 3.63) is 63.9 Å². The van der Waals surface area contributed by atoms with Crippen molar-refractivity contribution < 1.29 is 9.13 Å². The van der Waals surface area contributed by atoms with Crippen molar-refractivity contribution in [2.75, 3.05) is 7.11 Å². The minimum atomic E-state index is -0.408. The van der Waals surface area contributed by atoms with E-state index in [1.54, 1.807) is 12.1 Å². The third-order valence-electron chi connectivity index (χ3n) is 3.20. The Balaban J connectivity index is 2.43. The molecule has 1 unspecified atom stereocenters. The van der Waals surface area contributed by atoms with E-state index in [1.165, 1.54) is 13.2 Å². The molecule has 0 aliphatic heterocycles. The van der Waals surface area contributed by atoms with Crippen LogP contribution in [0.3, 0.4) is 0 Å². The van der Waals surface area contributed by atoms with Crippen molar-refractivity contribution in [3.8, 4) is 5.75 Å². The number of nitrogens with one attached hydrogen (secondary N) is 1. The van der Waals surface area contributed by atoms with E-state index in [-0.39, 0.29) is 11.8 Å². The van der Waals surface area contributed by atoms with Gasteiger partial charge in [0.15, 0.2) is 11.6 Å². The summed E-state index contributed by atoms with van der Waals surface area (Å²) in [6, 6.07) is 10.0. The van der Waals surface area contributed by atoms with Gasteiger partial charge in [-0.05, 0) is 41.8 Å². The van der Waals surface area contributed by atoms with Crippen LogP contribution < -0.4 is 16.0 Å². The average molecular weight is 295 g/mol. The van der Waals surface area contributed by atoms with Crippen LogP contribution in [0.25, 0.3) is 0 Å². The Labute approximate surface area is 122 Å². The first kappa shape index (κ1) is 14.8. The van der Waals surface area contributed by atoms with E-state index in [4.69, 9.17) is 22.2 Å². The van der Waals surface area contributed by atoms with Gasteiger partial charge >= 0.3 is 0 Å². The van der Waals surface area contributed by atoms with E-state index in [2.05, 4.69) is 5.43 Å². The highest BCUT2D eigenvalue weighted by Gasteiger charge is 2.15. The standard InChI is InChI=1S/C15H16ClFN2O/c1-9-3-4-10(7-12(9)16)15(19-18)11-5-6-13(17)14(8-11)20-2/h3-8,15,19H,18H2,1-2H3. The van der Waals surface area contributed by atoms with Gasteiger partial charge in [-0.25, -0.2) is 9.82 Å². The molecule has 0 bridgehead atoms. The zero-order valence-electron chi connectivity index (χ0n) is 11.3. The van der Waals surface area contributed by atoms with Crippen molar-refractivity contribution in [2.24, 2.45) is 5.84 Å². The molecule has 3 N–H and O–H groups in total. The fourth-order valence-corrected chi connectivity index (χ4v) is 2.22. The fraction of sp³-hybridized carbons (Fsp3) is 0.200. The normalized spacial score (nSPS) is 12.2. The highest BCUT2D eigenvalue weighted by molar-refractivity contribution is 6.31. The maximum absolute atomic E-state index is 13.5. The molecule has 106 valence electrons. The summed E-state index contributed by atoms with van der Waals surface area (Å²) in [7, 11) is 1.43. The zero-order valence-corrected chi connectivity index (χ0v) is 12.0. The van der Waals surface area contributed by atoms with E-state index in [0.717, 1.165) is 16.7 Å². The van der Waals surface area contributed by atoms with E-state index in [0.29, 0.717) is 5.02 Å². The van der Waals surface area contributed by atoms with E-state index >= 15 is 0 Å². The number of halogens is 2. The van der Waals surface area contributed by atoms with E-state index in [1.807, 2.05) is 25.1 Å². The third kappa shape index (κ3) is 2.93. The van der Waals surface area contributed by atoms with Crippen LogP contribution in [0.15, 0.2) is 36.4 Å². The minimum Gasteiger partial charge on any atom is -0.494 e. The molecule has 0 aliphatic carbocycles. The maximum Gasteiger partial charge on any atom is 0.165 e. The molecule has 0 radical (unpaired) electrons. The Morgan fingerprint density at radius 1 is 1.20 bits per heavy atom. The van der Waals surface area contributed by atoms with Gasteiger partial charge in [0.2, 0.25) is 0 Å². The molecule has 3 nitrogen and oxygen atoms in total. The predicted molar refractivity (Wildman–Crippen MR) is 78.3 cm³/mol. The number of rotatable bonds is 4. The second kappa shape index (κ2) is 6.22. The number of ether oxygens (including phenoxy) is 1. The number of hydrazine groups is 1. The molecule has 2 aromatic carbocycles. The second-order valence-electron chi connectivity index (χ2n) is 4.50. The molecular formula is C15H16ClFN2O. The van der Waals surface area contributed by atoms with Gasteiger partial charge in [0, 0.05) is 5.02 Å². The summed E-state index contributed by atoms with van der Waals surface area (Å²) < 4.78 is 18.4. The first-order chi connectivity index (χ1) is 9.56. The first-order valence-electron chi connectivity index (χ1n) is 6.12. The lowest BCUT2D eigenvalue weighted by molar-refractivity contribution is 0.385. The average Bonchev–Trinajstić information content (AvgIpc) is 2.45. The number of nitrogens with two attached hydrogens (primary N) is 1. The van der Waals surface area contributed by atoms with Gasteiger partial charge < -0.3 is 4.74 Å². The van der Waals surface area contributed by atoms with Crippen LogP contribution in [0, 0.1) is 12.7 Å². The van der Waals surface area contributed by atoms with Gasteiger partial charge in [0.05, 0.1) is 13.2 Å². The smallest absolute Gasteiger partial charge is 0.165 e. The highest BCUT2D eigenvalue weighted by atomic mass is 35.5. The van der Waals surface area contributed by atoms with Crippen LogP contribution in [0.5, 0.6) is 5.75 Å². The lowest BCUT2D eigenvalue weighted by atomic mass is 9.98. The molecular weight excluding hydrogens is 279 g/mol. The van der Waals surface area contributed by atoms with Crippen LogP contribution in [0.2, 0.25) is 5.02 Å². The van der Waals surface area contributed by atoms with Crippen LogP contribution in [0.1, 0.15) is 22.7 Å². The van der Waals surface area contributed by atoms with Crippen LogP contribution in [0.4, 0.5) is 4.39 Å². The topological polar surface area (TPSA) is 47.3 Å². The van der Waals surface area contributed by atoms with Crippen molar-refractivity contribution in [1.82, 2.24) is 5.43 Å². The monoisotopic (exact) mass is 294 g/mol. The molecule has 0 aromatic heterocycles. The Kier molecular flexibility index (Phi) is 4.60. The Morgan fingerprint density at radius 2 is 1.85 bits per heavy atom. The summed E-state index contributed by atoms with van der Waals surface area (Å²) in [6.07, 6.45) is 0. The van der Waals surface area contributed by atoms with Gasteiger partial charge in [-0.1, -0.05) is 29.8 Å². The molecule has 0 spiro atoms. The van der Waals surface area contributed by atoms with Crippen molar-refractivity contribution in [1.29, 1.82) is 0 Å². The minimum absolute atomic E-state index is 0.181. The largest absolute Gasteiger partial charge is 0.494 e. The molecule has 0 heterocycles. The quantitative estimate of drug-likeness (QED) is 0.671. The maximum atomic E-state index is 13.5. The molecule has 20 heavy (non-hydrogen) atoms. The van der Waals surface area contributed by atoms with Crippen LogP contribution in [-0.2, 0) is 0 Å². The Morgan fingerprint density at radius 3 is 2.45 bits per heavy atom. The Bertz CT molecular complexity index is 619. The Hall–Kier alpha value is -1.62. The van der Waals surface area contributed by atoms with Gasteiger partial charge in [-0.2, -0.15) is 0 Å². The summed E-state index contributed by atoms with van der Waals surface area (Å²) in [6.45, 7) is 1.93. The van der Waals surface area contributed by atoms with Gasteiger partial charge in [0.25, 0.3) is 0 Å². The molecule has 2 rings (SSSR count). The lowest BCUT2D eigenvalue weighted by Crippen LogP contribution is -2.28. The van der Waals surface area contributed by atoms with Crippen LogP contribution >= 0.6 is 11.6 Å². The number of hydrogen-bond donors (Lipinski definition) is 2. The second-order valence-corrected chi connectivity index (χ2v) is 4.91. The van der Waals surface area contributed by atoms with Gasteiger partial charge in [-0.15, -0.1) is 0 Å². The molecule has 5 heteroatoms.